The van der Waals surface area contributed by atoms with Gasteiger partial charge >= 0.3 is 0 Å². The third kappa shape index (κ3) is 8.42. The first-order valence-corrected chi connectivity index (χ1v) is 16.7. The first kappa shape index (κ1) is 28.9. The Morgan fingerprint density at radius 3 is 2.00 bits per heavy atom. The maximum atomic E-state index is 6.46. The van der Waals surface area contributed by atoms with E-state index in [1.54, 1.807) is 0 Å². The molecule has 1 aromatic heterocycles. The van der Waals surface area contributed by atoms with Gasteiger partial charge in [0.25, 0.3) is 0 Å². The molecule has 1 radical (unpaired) electrons. The van der Waals surface area contributed by atoms with Gasteiger partial charge in [-0.05, 0) is 60.2 Å². The van der Waals surface area contributed by atoms with Gasteiger partial charge in [0.1, 0.15) is 11.5 Å². The molecule has 0 atom stereocenters. The third-order valence-corrected chi connectivity index (χ3v) is 8.18. The van der Waals surface area contributed by atoms with Crippen LogP contribution in [0.1, 0.15) is 77.7 Å². The molecule has 1 heterocycles. The van der Waals surface area contributed by atoms with Gasteiger partial charge in [0.15, 0.2) is 5.82 Å². The number of hydrogen-bond donors (Lipinski definition) is 0. The van der Waals surface area contributed by atoms with E-state index in [0.29, 0.717) is 0 Å². The minimum Gasteiger partial charge on any atom is -0.494 e. The Bertz CT molecular complexity index is 1070. The number of rotatable bonds is 16. The summed E-state index contributed by atoms with van der Waals surface area (Å²) in [5.41, 5.74) is 4.53. The molecule has 2 aromatic carbocycles. The fourth-order valence-electron chi connectivity index (χ4n) is 4.47. The second-order valence-electron chi connectivity index (χ2n) is 10.0. The molecule has 0 saturated carbocycles. The van der Waals surface area contributed by atoms with Crippen molar-refractivity contribution >= 4 is 14.0 Å². The summed E-state index contributed by atoms with van der Waals surface area (Å²) in [5, 5.41) is 1.41. The number of unbranched alkanes of at least 4 members (excludes halogenated alkanes) is 5. The Morgan fingerprint density at radius 1 is 0.676 bits per heavy atom. The number of nitrogens with zero attached hydrogens (tertiary/aromatic N) is 2. The summed E-state index contributed by atoms with van der Waals surface area (Å²) in [6.07, 6.45) is 14.4. The number of aryl methyl sites for hydroxylation is 1. The molecular formula is C32H45N2O2Si. The molecule has 0 amide bonds. The highest BCUT2D eigenvalue weighted by molar-refractivity contribution is 6.72. The van der Waals surface area contributed by atoms with Gasteiger partial charge in [0.05, 0.1) is 27.6 Å². The van der Waals surface area contributed by atoms with Crippen LogP contribution in [-0.4, -0.2) is 32.0 Å². The molecule has 0 fully saturated rings. The molecule has 0 N–H and O–H groups in total. The Morgan fingerprint density at radius 2 is 1.35 bits per heavy atom. The van der Waals surface area contributed by atoms with Gasteiger partial charge < -0.3 is 9.47 Å². The van der Waals surface area contributed by atoms with Crippen molar-refractivity contribution in [2.75, 3.05) is 13.2 Å². The summed E-state index contributed by atoms with van der Waals surface area (Å²) in [6, 6.07) is 12.7. The summed E-state index contributed by atoms with van der Waals surface area (Å²) in [4.78, 5) is 9.59. The summed E-state index contributed by atoms with van der Waals surface area (Å²) < 4.78 is 12.4. The zero-order valence-electron chi connectivity index (χ0n) is 23.6. The summed E-state index contributed by atoms with van der Waals surface area (Å²) in [6.45, 7) is 12.9. The minimum atomic E-state index is -0.726. The Hall–Kier alpha value is -2.66. The van der Waals surface area contributed by atoms with Crippen LogP contribution >= 0.6 is 0 Å². The fourth-order valence-corrected chi connectivity index (χ4v) is 5.98. The van der Waals surface area contributed by atoms with Gasteiger partial charge in [-0.2, -0.15) is 0 Å². The minimum absolute atomic E-state index is 0.726. The quantitative estimate of drug-likeness (QED) is 0.142. The maximum absolute atomic E-state index is 6.46. The molecule has 37 heavy (non-hydrogen) atoms. The van der Waals surface area contributed by atoms with E-state index in [4.69, 9.17) is 19.4 Å². The van der Waals surface area contributed by atoms with E-state index in [9.17, 15) is 0 Å². The molecule has 0 bridgehead atoms. The summed E-state index contributed by atoms with van der Waals surface area (Å²) >= 11 is 0. The van der Waals surface area contributed by atoms with E-state index in [0.717, 1.165) is 72.9 Å². The molecule has 0 saturated heterocycles. The number of ether oxygens (including phenoxy) is 2. The molecule has 3 aromatic rings. The molecule has 4 nitrogen and oxygen atoms in total. The second-order valence-corrected chi connectivity index (χ2v) is 12.5. The number of hydrogen-bond acceptors (Lipinski definition) is 4. The monoisotopic (exact) mass is 517 g/mol. The van der Waals surface area contributed by atoms with Gasteiger partial charge in [-0.15, -0.1) is 0 Å². The third-order valence-electron chi connectivity index (χ3n) is 6.63. The van der Waals surface area contributed by atoms with Crippen LogP contribution in [0, 0.1) is 0 Å². The lowest BCUT2D eigenvalue weighted by molar-refractivity contribution is 0.305. The zero-order chi connectivity index (χ0) is 26.5. The van der Waals surface area contributed by atoms with Crippen LogP contribution in [-0.2, 0) is 6.42 Å². The molecule has 0 unspecified atom stereocenters. The SMILES string of the molecule is CCCCCCOc1ccc(-c2cnc(-c3ccc(CCCC)c([Si](C)C)c3OCCCC)nc2)cc1. The van der Waals surface area contributed by atoms with Crippen molar-refractivity contribution < 1.29 is 9.47 Å². The second kappa shape index (κ2) is 15.6. The van der Waals surface area contributed by atoms with Gasteiger partial charge in [-0.3, -0.25) is 0 Å². The average Bonchev–Trinajstić information content (AvgIpc) is 2.92. The van der Waals surface area contributed by atoms with Crippen LogP contribution in [0.5, 0.6) is 11.5 Å². The average molecular weight is 518 g/mol. The molecule has 5 heteroatoms. The van der Waals surface area contributed by atoms with Crippen LogP contribution in [0.2, 0.25) is 13.1 Å². The highest BCUT2D eigenvalue weighted by atomic mass is 28.3. The lowest BCUT2D eigenvalue weighted by Gasteiger charge is -2.21. The first-order chi connectivity index (χ1) is 18.1. The highest BCUT2D eigenvalue weighted by Crippen LogP contribution is 2.30. The normalized spacial score (nSPS) is 11.2. The van der Waals surface area contributed by atoms with Crippen LogP contribution < -0.4 is 14.7 Å². The van der Waals surface area contributed by atoms with Crippen molar-refractivity contribution in [1.29, 1.82) is 0 Å². The lowest BCUT2D eigenvalue weighted by atomic mass is 10.0. The van der Waals surface area contributed by atoms with E-state index in [-0.39, 0.29) is 0 Å². The van der Waals surface area contributed by atoms with Crippen LogP contribution in [0.25, 0.3) is 22.5 Å². The summed E-state index contributed by atoms with van der Waals surface area (Å²) in [5.74, 6) is 2.65. The predicted octanol–water partition coefficient (Wildman–Crippen LogP) is 8.25. The molecule has 0 spiro atoms. The van der Waals surface area contributed by atoms with Crippen molar-refractivity contribution in [2.24, 2.45) is 0 Å². The fraction of sp³-hybridized carbons (Fsp3) is 0.500. The van der Waals surface area contributed by atoms with E-state index >= 15 is 0 Å². The van der Waals surface area contributed by atoms with Crippen molar-refractivity contribution in [3.05, 3.63) is 54.4 Å². The van der Waals surface area contributed by atoms with E-state index in [2.05, 4.69) is 58.1 Å². The largest absolute Gasteiger partial charge is 0.494 e. The molecule has 199 valence electrons. The van der Waals surface area contributed by atoms with Gasteiger partial charge in [-0.25, -0.2) is 9.97 Å². The standard InChI is InChI=1S/C32H45N2O2Si/c1-6-9-12-13-22-35-28-18-15-25(16-19-28)27-23-33-32(34-24-27)29-20-17-26(14-10-7-2)31(37(4)5)30(29)36-21-11-8-3/h15-20,23-24H,6-14,21-22H2,1-5H3. The van der Waals surface area contributed by atoms with E-state index in [1.165, 1.54) is 42.9 Å². The summed E-state index contributed by atoms with van der Waals surface area (Å²) in [7, 11) is -0.726. The Balaban J connectivity index is 1.81. The number of benzene rings is 2. The highest BCUT2D eigenvalue weighted by Gasteiger charge is 2.20. The van der Waals surface area contributed by atoms with Gasteiger partial charge in [0.2, 0.25) is 0 Å². The molecule has 0 aliphatic rings. The topological polar surface area (TPSA) is 44.2 Å². The van der Waals surface area contributed by atoms with Crippen LogP contribution in [0.15, 0.2) is 48.8 Å². The molecule has 0 aliphatic heterocycles. The molecule has 3 rings (SSSR count). The zero-order valence-corrected chi connectivity index (χ0v) is 24.6. The van der Waals surface area contributed by atoms with Crippen LogP contribution in [0.4, 0.5) is 0 Å². The molecule has 0 aliphatic carbocycles. The number of aromatic nitrogens is 2. The smallest absolute Gasteiger partial charge is 0.162 e. The van der Waals surface area contributed by atoms with Crippen molar-refractivity contribution in [3.63, 3.8) is 0 Å². The Kier molecular flexibility index (Phi) is 12.2. The Labute approximate surface area is 226 Å². The lowest BCUT2D eigenvalue weighted by Crippen LogP contribution is -2.30. The van der Waals surface area contributed by atoms with Gasteiger partial charge in [-0.1, -0.05) is 84.2 Å². The maximum Gasteiger partial charge on any atom is 0.162 e. The van der Waals surface area contributed by atoms with E-state index < -0.39 is 8.80 Å². The van der Waals surface area contributed by atoms with Crippen molar-refractivity contribution in [3.8, 4) is 34.0 Å². The van der Waals surface area contributed by atoms with Crippen molar-refractivity contribution in [1.82, 2.24) is 9.97 Å². The van der Waals surface area contributed by atoms with E-state index in [1.807, 2.05) is 24.5 Å². The molecular weight excluding hydrogens is 472 g/mol. The predicted molar refractivity (Wildman–Crippen MR) is 159 cm³/mol. The first-order valence-electron chi connectivity index (χ1n) is 14.2. The van der Waals surface area contributed by atoms with Crippen molar-refractivity contribution in [2.45, 2.75) is 91.7 Å². The van der Waals surface area contributed by atoms with Gasteiger partial charge in [0, 0.05) is 18.0 Å². The van der Waals surface area contributed by atoms with Crippen LogP contribution in [0.3, 0.4) is 0 Å².